The van der Waals surface area contributed by atoms with Gasteiger partial charge in [0.15, 0.2) is 0 Å². The molecule has 1 aromatic carbocycles. The van der Waals surface area contributed by atoms with Gasteiger partial charge < -0.3 is 5.11 Å². The van der Waals surface area contributed by atoms with E-state index in [1.165, 1.54) is 36.0 Å². The Balaban J connectivity index is 2.28. The standard InChI is InChI=1S/C15H21O/c1-3-4-12-7-14(11(2)10-16)9-15(8-12)13-5-6-13/h7-9,11,13,16H,2-6,10H2,1H3. The van der Waals surface area contributed by atoms with Gasteiger partial charge >= 0.3 is 0 Å². The monoisotopic (exact) mass is 217 g/mol. The molecule has 1 radical (unpaired) electrons. The molecular formula is C15H21O. The maximum absolute atomic E-state index is 9.19. The third-order valence-corrected chi connectivity index (χ3v) is 3.32. The van der Waals surface area contributed by atoms with Crippen LogP contribution in [0.25, 0.3) is 0 Å². The molecule has 0 aromatic heterocycles. The fourth-order valence-corrected chi connectivity index (χ4v) is 2.17. The normalized spacial score (nSPS) is 17.4. The SMILES string of the molecule is [CH2]C(CO)c1cc(CCC)cc(C2CC2)c1. The van der Waals surface area contributed by atoms with Gasteiger partial charge in [-0.1, -0.05) is 31.5 Å². The van der Waals surface area contributed by atoms with Crippen LogP contribution in [0.4, 0.5) is 0 Å². The highest BCUT2D eigenvalue weighted by Crippen LogP contribution is 2.41. The molecule has 0 aliphatic heterocycles. The summed E-state index contributed by atoms with van der Waals surface area (Å²) >= 11 is 0. The molecule has 1 unspecified atom stereocenters. The summed E-state index contributed by atoms with van der Waals surface area (Å²) in [6, 6.07) is 6.79. The van der Waals surface area contributed by atoms with Crippen LogP contribution in [0.5, 0.6) is 0 Å². The van der Waals surface area contributed by atoms with E-state index in [1.807, 2.05) is 0 Å². The Bertz CT molecular complexity index is 352. The van der Waals surface area contributed by atoms with Gasteiger partial charge in [-0.25, -0.2) is 0 Å². The minimum absolute atomic E-state index is 0.0225. The van der Waals surface area contributed by atoms with Crippen LogP contribution in [-0.4, -0.2) is 11.7 Å². The lowest BCUT2D eigenvalue weighted by Crippen LogP contribution is -2.01. The summed E-state index contributed by atoms with van der Waals surface area (Å²) in [5, 5.41) is 9.19. The summed E-state index contributed by atoms with van der Waals surface area (Å²) in [5.74, 6) is 0.802. The molecule has 1 atom stereocenters. The van der Waals surface area contributed by atoms with E-state index in [-0.39, 0.29) is 12.5 Å². The summed E-state index contributed by atoms with van der Waals surface area (Å²) < 4.78 is 0. The van der Waals surface area contributed by atoms with Gasteiger partial charge in [-0.05, 0) is 48.8 Å². The highest BCUT2D eigenvalue weighted by Gasteiger charge is 2.24. The number of aliphatic hydroxyl groups excluding tert-OH is 1. The van der Waals surface area contributed by atoms with Crippen LogP contribution in [0.3, 0.4) is 0 Å². The molecule has 1 saturated carbocycles. The lowest BCUT2D eigenvalue weighted by molar-refractivity contribution is 0.282. The van der Waals surface area contributed by atoms with Crippen LogP contribution < -0.4 is 0 Å². The van der Waals surface area contributed by atoms with Gasteiger partial charge in [0.2, 0.25) is 0 Å². The first-order valence-electron chi connectivity index (χ1n) is 6.32. The van der Waals surface area contributed by atoms with Crippen molar-refractivity contribution in [2.45, 2.75) is 44.4 Å². The fraction of sp³-hybridized carbons (Fsp3) is 0.533. The molecule has 16 heavy (non-hydrogen) atoms. The predicted molar refractivity (Wildman–Crippen MR) is 67.6 cm³/mol. The van der Waals surface area contributed by atoms with Crippen LogP contribution in [0, 0.1) is 6.92 Å². The van der Waals surface area contributed by atoms with Crippen molar-refractivity contribution >= 4 is 0 Å². The minimum Gasteiger partial charge on any atom is -0.396 e. The van der Waals surface area contributed by atoms with E-state index < -0.39 is 0 Å². The summed E-state index contributed by atoms with van der Waals surface area (Å²) in [6.45, 7) is 6.34. The average molecular weight is 217 g/mol. The van der Waals surface area contributed by atoms with E-state index in [4.69, 9.17) is 0 Å². The lowest BCUT2D eigenvalue weighted by atomic mass is 9.94. The van der Waals surface area contributed by atoms with Crippen molar-refractivity contribution in [3.05, 3.63) is 41.8 Å². The number of hydrogen-bond donors (Lipinski definition) is 1. The predicted octanol–water partition coefficient (Wildman–Crippen LogP) is 3.43. The van der Waals surface area contributed by atoms with Gasteiger partial charge in [0, 0.05) is 12.5 Å². The summed E-state index contributed by atoms with van der Waals surface area (Å²) in [7, 11) is 0. The number of hydrogen-bond acceptors (Lipinski definition) is 1. The molecule has 0 amide bonds. The van der Waals surface area contributed by atoms with Gasteiger partial charge in [0.05, 0.1) is 0 Å². The van der Waals surface area contributed by atoms with Crippen LogP contribution >= 0.6 is 0 Å². The Morgan fingerprint density at radius 3 is 2.69 bits per heavy atom. The zero-order valence-electron chi connectivity index (χ0n) is 10.1. The molecule has 0 heterocycles. The van der Waals surface area contributed by atoms with Crippen LogP contribution in [0.15, 0.2) is 18.2 Å². The summed E-state index contributed by atoms with van der Waals surface area (Å²) in [4.78, 5) is 0. The number of aliphatic hydroxyl groups is 1. The van der Waals surface area contributed by atoms with Gasteiger partial charge in [0.25, 0.3) is 0 Å². The third-order valence-electron chi connectivity index (χ3n) is 3.32. The van der Waals surface area contributed by atoms with Crippen molar-refractivity contribution in [1.29, 1.82) is 0 Å². The van der Waals surface area contributed by atoms with Crippen molar-refractivity contribution in [3.8, 4) is 0 Å². The molecule has 1 aromatic rings. The Labute approximate surface area is 98.5 Å². The van der Waals surface area contributed by atoms with Crippen molar-refractivity contribution < 1.29 is 5.11 Å². The quantitative estimate of drug-likeness (QED) is 0.801. The third kappa shape index (κ3) is 2.65. The second-order valence-electron chi connectivity index (χ2n) is 4.91. The highest BCUT2D eigenvalue weighted by molar-refractivity contribution is 5.36. The van der Waals surface area contributed by atoms with Crippen molar-refractivity contribution in [3.63, 3.8) is 0 Å². The molecule has 1 aliphatic rings. The maximum Gasteiger partial charge on any atom is 0.0499 e. The molecule has 1 heteroatoms. The largest absolute Gasteiger partial charge is 0.396 e. The van der Waals surface area contributed by atoms with E-state index >= 15 is 0 Å². The summed E-state index contributed by atoms with van der Waals surface area (Å²) in [5.41, 5.74) is 4.07. The van der Waals surface area contributed by atoms with Crippen molar-refractivity contribution in [1.82, 2.24) is 0 Å². The zero-order valence-corrected chi connectivity index (χ0v) is 10.1. The molecule has 1 N–H and O–H groups in total. The molecule has 0 spiro atoms. The molecule has 2 rings (SSSR count). The second-order valence-corrected chi connectivity index (χ2v) is 4.91. The molecule has 1 fully saturated rings. The van der Waals surface area contributed by atoms with Crippen molar-refractivity contribution in [2.24, 2.45) is 0 Å². The maximum atomic E-state index is 9.19. The van der Waals surface area contributed by atoms with E-state index in [9.17, 15) is 5.11 Å². The first kappa shape index (κ1) is 11.7. The van der Waals surface area contributed by atoms with E-state index in [0.29, 0.717) is 0 Å². The van der Waals surface area contributed by atoms with E-state index in [1.54, 1.807) is 0 Å². The first-order valence-corrected chi connectivity index (χ1v) is 6.32. The van der Waals surface area contributed by atoms with Gasteiger partial charge in [-0.2, -0.15) is 0 Å². The Kier molecular flexibility index (Phi) is 3.65. The van der Waals surface area contributed by atoms with Gasteiger partial charge in [0.1, 0.15) is 0 Å². The zero-order chi connectivity index (χ0) is 11.5. The van der Waals surface area contributed by atoms with E-state index in [0.717, 1.165) is 12.3 Å². The Hall–Kier alpha value is -0.820. The Morgan fingerprint density at radius 1 is 1.38 bits per heavy atom. The first-order chi connectivity index (χ1) is 7.74. The topological polar surface area (TPSA) is 20.2 Å². The number of rotatable bonds is 5. The molecule has 0 saturated heterocycles. The molecule has 1 aliphatic carbocycles. The van der Waals surface area contributed by atoms with E-state index in [2.05, 4.69) is 32.0 Å². The smallest absolute Gasteiger partial charge is 0.0499 e. The van der Waals surface area contributed by atoms with Crippen LogP contribution in [0.1, 0.15) is 54.7 Å². The Morgan fingerprint density at radius 2 is 2.12 bits per heavy atom. The van der Waals surface area contributed by atoms with Gasteiger partial charge in [-0.15, -0.1) is 0 Å². The highest BCUT2D eigenvalue weighted by atomic mass is 16.3. The average Bonchev–Trinajstić information content (AvgIpc) is 3.12. The second kappa shape index (κ2) is 5.01. The fourth-order valence-electron chi connectivity index (χ4n) is 2.17. The lowest BCUT2D eigenvalue weighted by Gasteiger charge is -2.13. The van der Waals surface area contributed by atoms with Gasteiger partial charge in [-0.3, -0.25) is 0 Å². The number of benzene rings is 1. The molecule has 1 nitrogen and oxygen atoms in total. The molecule has 0 bridgehead atoms. The molecular weight excluding hydrogens is 196 g/mol. The van der Waals surface area contributed by atoms with Crippen molar-refractivity contribution in [2.75, 3.05) is 6.61 Å². The summed E-state index contributed by atoms with van der Waals surface area (Å²) in [6.07, 6.45) is 4.96. The van der Waals surface area contributed by atoms with Crippen LogP contribution in [-0.2, 0) is 6.42 Å². The number of aryl methyl sites for hydroxylation is 1. The molecule has 87 valence electrons. The minimum atomic E-state index is 0.0225. The van der Waals surface area contributed by atoms with Crippen LogP contribution in [0.2, 0.25) is 0 Å².